The maximum absolute atomic E-state index is 13.5. The summed E-state index contributed by atoms with van der Waals surface area (Å²) in [5, 5.41) is 0. The van der Waals surface area contributed by atoms with Gasteiger partial charge in [-0.1, -0.05) is 24.3 Å². The number of nitrogens with zero attached hydrogens (tertiary/aromatic N) is 2. The molecule has 2 aromatic rings. The molecule has 1 fully saturated rings. The molecular formula is C22H24F4N2O3. The molecule has 0 radical (unpaired) electrons. The zero-order valence-corrected chi connectivity index (χ0v) is 16.9. The van der Waals surface area contributed by atoms with Gasteiger partial charge in [0.1, 0.15) is 12.4 Å². The first-order valence-electron chi connectivity index (χ1n) is 10.0. The number of para-hydroxylation sites is 1. The standard InChI is InChI=1S/C22H24F4N2O3/c23-19-3-1-2-4-20(19)30-16-15-27-11-13-28(14-12-27)21(29)10-7-17-5-8-18(9-6-17)31-22(24,25)26/h1-6,8-9H,7,10-16H2. The number of halogens is 4. The molecule has 31 heavy (non-hydrogen) atoms. The van der Waals surface area contributed by atoms with E-state index in [-0.39, 0.29) is 29.6 Å². The van der Waals surface area contributed by atoms with E-state index >= 15 is 0 Å². The molecule has 0 aromatic heterocycles. The summed E-state index contributed by atoms with van der Waals surface area (Å²) in [5.41, 5.74) is 0.770. The Bertz CT molecular complexity index is 851. The van der Waals surface area contributed by atoms with Crippen molar-refractivity contribution in [2.75, 3.05) is 39.3 Å². The van der Waals surface area contributed by atoms with Gasteiger partial charge in [-0.3, -0.25) is 9.69 Å². The van der Waals surface area contributed by atoms with Gasteiger partial charge in [0.25, 0.3) is 0 Å². The Morgan fingerprint density at radius 2 is 1.65 bits per heavy atom. The number of amides is 1. The van der Waals surface area contributed by atoms with Crippen LogP contribution in [0, 0.1) is 5.82 Å². The van der Waals surface area contributed by atoms with Crippen LogP contribution in [0.5, 0.6) is 11.5 Å². The molecule has 5 nitrogen and oxygen atoms in total. The maximum atomic E-state index is 13.5. The maximum Gasteiger partial charge on any atom is 0.573 e. The molecule has 0 spiro atoms. The van der Waals surface area contributed by atoms with Crippen molar-refractivity contribution in [3.63, 3.8) is 0 Å². The van der Waals surface area contributed by atoms with Gasteiger partial charge < -0.3 is 14.4 Å². The van der Waals surface area contributed by atoms with Crippen LogP contribution < -0.4 is 9.47 Å². The third-order valence-electron chi connectivity index (χ3n) is 5.01. The number of ether oxygens (including phenoxy) is 2. The number of aryl methyl sites for hydroxylation is 1. The van der Waals surface area contributed by atoms with Crippen LogP contribution in [-0.4, -0.2) is 61.4 Å². The molecule has 9 heteroatoms. The molecule has 0 unspecified atom stereocenters. The minimum atomic E-state index is -4.72. The van der Waals surface area contributed by atoms with Crippen LogP contribution >= 0.6 is 0 Å². The van der Waals surface area contributed by atoms with Gasteiger partial charge in [-0.05, 0) is 36.2 Å². The van der Waals surface area contributed by atoms with Crippen molar-refractivity contribution in [1.29, 1.82) is 0 Å². The van der Waals surface area contributed by atoms with E-state index in [1.54, 1.807) is 23.1 Å². The third-order valence-corrected chi connectivity index (χ3v) is 5.01. The summed E-state index contributed by atoms with van der Waals surface area (Å²) < 4.78 is 59.4. The number of rotatable bonds is 8. The fourth-order valence-electron chi connectivity index (χ4n) is 3.33. The Morgan fingerprint density at radius 1 is 0.968 bits per heavy atom. The second-order valence-electron chi connectivity index (χ2n) is 7.19. The van der Waals surface area contributed by atoms with Gasteiger partial charge in [-0.15, -0.1) is 13.2 Å². The highest BCUT2D eigenvalue weighted by Gasteiger charge is 2.31. The second kappa shape index (κ2) is 10.5. The fraction of sp³-hybridized carbons (Fsp3) is 0.409. The van der Waals surface area contributed by atoms with Crippen molar-refractivity contribution in [2.45, 2.75) is 19.2 Å². The normalized spacial score (nSPS) is 15.0. The van der Waals surface area contributed by atoms with Crippen molar-refractivity contribution >= 4 is 5.91 Å². The summed E-state index contributed by atoms with van der Waals surface area (Å²) in [6, 6.07) is 11.8. The van der Waals surface area contributed by atoms with Gasteiger partial charge in [0.15, 0.2) is 11.6 Å². The lowest BCUT2D eigenvalue weighted by atomic mass is 10.1. The van der Waals surface area contributed by atoms with Crippen LogP contribution in [-0.2, 0) is 11.2 Å². The summed E-state index contributed by atoms with van der Waals surface area (Å²) in [6.07, 6.45) is -3.98. The van der Waals surface area contributed by atoms with Gasteiger partial charge >= 0.3 is 6.36 Å². The number of hydrogen-bond donors (Lipinski definition) is 0. The zero-order chi connectivity index (χ0) is 22.3. The van der Waals surface area contributed by atoms with E-state index in [0.717, 1.165) is 5.56 Å². The molecule has 1 aliphatic rings. The van der Waals surface area contributed by atoms with Crippen molar-refractivity contribution in [3.8, 4) is 11.5 Å². The van der Waals surface area contributed by atoms with Crippen LogP contribution in [0.4, 0.5) is 17.6 Å². The number of hydrogen-bond acceptors (Lipinski definition) is 4. The van der Waals surface area contributed by atoms with E-state index in [9.17, 15) is 22.4 Å². The van der Waals surface area contributed by atoms with E-state index in [1.807, 2.05) is 0 Å². The number of piperazine rings is 1. The molecule has 168 valence electrons. The lowest BCUT2D eigenvalue weighted by Gasteiger charge is -2.34. The molecule has 1 amide bonds. The summed E-state index contributed by atoms with van der Waals surface area (Å²) in [4.78, 5) is 16.4. The highest BCUT2D eigenvalue weighted by molar-refractivity contribution is 5.76. The van der Waals surface area contributed by atoms with E-state index in [2.05, 4.69) is 9.64 Å². The minimum absolute atomic E-state index is 0.0119. The quantitative estimate of drug-likeness (QED) is 0.585. The van der Waals surface area contributed by atoms with E-state index in [4.69, 9.17) is 4.74 Å². The lowest BCUT2D eigenvalue weighted by molar-refractivity contribution is -0.274. The average Bonchev–Trinajstić information content (AvgIpc) is 2.74. The summed E-state index contributed by atoms with van der Waals surface area (Å²) in [7, 11) is 0. The molecule has 2 aromatic carbocycles. The van der Waals surface area contributed by atoms with E-state index in [0.29, 0.717) is 45.8 Å². The molecule has 0 atom stereocenters. The summed E-state index contributed by atoms with van der Waals surface area (Å²) >= 11 is 0. The molecule has 1 heterocycles. The largest absolute Gasteiger partial charge is 0.573 e. The Labute approximate surface area is 178 Å². The lowest BCUT2D eigenvalue weighted by Crippen LogP contribution is -2.49. The van der Waals surface area contributed by atoms with Gasteiger partial charge in [0, 0.05) is 39.1 Å². The van der Waals surface area contributed by atoms with E-state index in [1.165, 1.54) is 30.3 Å². The van der Waals surface area contributed by atoms with Crippen LogP contribution in [0.2, 0.25) is 0 Å². The highest BCUT2D eigenvalue weighted by Crippen LogP contribution is 2.23. The first-order chi connectivity index (χ1) is 14.8. The summed E-state index contributed by atoms with van der Waals surface area (Å²) in [5.74, 6) is -0.426. The number of benzene rings is 2. The van der Waals surface area contributed by atoms with Gasteiger partial charge in [-0.2, -0.15) is 0 Å². The number of alkyl halides is 3. The predicted molar refractivity (Wildman–Crippen MR) is 106 cm³/mol. The Kier molecular flexibility index (Phi) is 7.73. The predicted octanol–water partition coefficient (Wildman–Crippen LogP) is 3.88. The van der Waals surface area contributed by atoms with Crippen LogP contribution in [0.1, 0.15) is 12.0 Å². The zero-order valence-electron chi connectivity index (χ0n) is 16.9. The second-order valence-corrected chi connectivity index (χ2v) is 7.19. The van der Waals surface area contributed by atoms with Crippen molar-refractivity contribution in [1.82, 2.24) is 9.80 Å². The third kappa shape index (κ3) is 7.43. The van der Waals surface area contributed by atoms with Crippen molar-refractivity contribution < 1.29 is 31.8 Å². The highest BCUT2D eigenvalue weighted by atomic mass is 19.4. The van der Waals surface area contributed by atoms with Gasteiger partial charge in [-0.25, -0.2) is 4.39 Å². The van der Waals surface area contributed by atoms with Crippen molar-refractivity contribution in [3.05, 3.63) is 59.9 Å². The van der Waals surface area contributed by atoms with Crippen LogP contribution in [0.25, 0.3) is 0 Å². The van der Waals surface area contributed by atoms with E-state index < -0.39 is 6.36 Å². The molecular weight excluding hydrogens is 416 g/mol. The molecule has 1 saturated heterocycles. The van der Waals surface area contributed by atoms with Gasteiger partial charge in [0.2, 0.25) is 5.91 Å². The molecule has 0 saturated carbocycles. The molecule has 0 N–H and O–H groups in total. The Morgan fingerprint density at radius 3 is 2.29 bits per heavy atom. The van der Waals surface area contributed by atoms with Crippen LogP contribution in [0.15, 0.2) is 48.5 Å². The van der Waals surface area contributed by atoms with Crippen LogP contribution in [0.3, 0.4) is 0 Å². The minimum Gasteiger partial charge on any atom is -0.489 e. The first-order valence-corrected chi connectivity index (χ1v) is 10.0. The smallest absolute Gasteiger partial charge is 0.489 e. The number of carbonyl (C=O) groups is 1. The van der Waals surface area contributed by atoms with Gasteiger partial charge in [0.05, 0.1) is 0 Å². The number of carbonyl (C=O) groups excluding carboxylic acids is 1. The monoisotopic (exact) mass is 440 g/mol. The molecule has 3 rings (SSSR count). The SMILES string of the molecule is O=C(CCc1ccc(OC(F)(F)F)cc1)N1CCN(CCOc2ccccc2F)CC1. The molecule has 1 aliphatic heterocycles. The van der Waals surface area contributed by atoms with Crippen molar-refractivity contribution in [2.24, 2.45) is 0 Å². The Balaban J connectivity index is 1.35. The summed E-state index contributed by atoms with van der Waals surface area (Å²) in [6.45, 7) is 3.60. The average molecular weight is 440 g/mol. The molecule has 0 bridgehead atoms. The molecule has 0 aliphatic carbocycles. The Hall–Kier alpha value is -2.81. The topological polar surface area (TPSA) is 42.0 Å². The fourth-order valence-corrected chi connectivity index (χ4v) is 3.33. The first kappa shape index (κ1) is 22.9.